The highest BCUT2D eigenvalue weighted by Gasteiger charge is 2.36. The molecule has 0 radical (unpaired) electrons. The molecule has 4 rings (SSSR count). The summed E-state index contributed by atoms with van der Waals surface area (Å²) >= 11 is 3.35. The maximum Gasteiger partial charge on any atom is 0.243 e. The molecular weight excluding hydrogens is 406 g/mol. The van der Waals surface area contributed by atoms with Crippen molar-refractivity contribution in [2.45, 2.75) is 23.8 Å². The molecule has 0 saturated carbocycles. The van der Waals surface area contributed by atoms with Crippen LogP contribution in [0.2, 0.25) is 0 Å². The Hall–Kier alpha value is -1.57. The maximum atomic E-state index is 13.1. The zero-order valence-corrected chi connectivity index (χ0v) is 15.9. The van der Waals surface area contributed by atoms with Crippen LogP contribution in [-0.4, -0.2) is 32.5 Å². The first kappa shape index (κ1) is 16.9. The van der Waals surface area contributed by atoms with Gasteiger partial charge in [-0.2, -0.15) is 4.31 Å². The minimum absolute atomic E-state index is 0.176. The molecule has 0 aromatic heterocycles. The van der Waals surface area contributed by atoms with Gasteiger partial charge in [-0.1, -0.05) is 22.0 Å². The Morgan fingerprint density at radius 3 is 2.48 bits per heavy atom. The van der Waals surface area contributed by atoms with E-state index in [1.54, 1.807) is 28.6 Å². The van der Waals surface area contributed by atoms with Crippen molar-refractivity contribution >= 4 is 26.0 Å². The Labute approximate surface area is 155 Å². The summed E-state index contributed by atoms with van der Waals surface area (Å²) in [5, 5.41) is 0. The van der Waals surface area contributed by atoms with E-state index in [1.807, 2.05) is 18.2 Å². The molecule has 2 aromatic carbocycles. The van der Waals surface area contributed by atoms with Crippen molar-refractivity contribution < 1.29 is 17.9 Å². The van der Waals surface area contributed by atoms with Crippen molar-refractivity contribution in [1.82, 2.24) is 4.31 Å². The highest BCUT2D eigenvalue weighted by atomic mass is 79.9. The summed E-state index contributed by atoms with van der Waals surface area (Å²) in [5.74, 6) is 1.41. The normalized spacial score (nSPS) is 20.6. The van der Waals surface area contributed by atoms with Gasteiger partial charge in [-0.05, 0) is 54.8 Å². The largest absolute Gasteiger partial charge is 0.486 e. The van der Waals surface area contributed by atoms with Gasteiger partial charge in [0.2, 0.25) is 10.0 Å². The Bertz CT molecular complexity index is 882. The minimum atomic E-state index is -3.53. The lowest BCUT2D eigenvalue weighted by molar-refractivity contribution is 0.171. The summed E-state index contributed by atoms with van der Waals surface area (Å²) in [7, 11) is -3.53. The maximum absolute atomic E-state index is 13.1. The van der Waals surface area contributed by atoms with Gasteiger partial charge in [-0.3, -0.25) is 0 Å². The van der Waals surface area contributed by atoms with E-state index in [4.69, 9.17) is 9.47 Å². The molecule has 0 bridgehead atoms. The first-order valence-electron chi connectivity index (χ1n) is 8.23. The molecular formula is C18H18BrNO4S. The van der Waals surface area contributed by atoms with Crippen LogP contribution in [0.5, 0.6) is 11.5 Å². The van der Waals surface area contributed by atoms with Gasteiger partial charge in [0, 0.05) is 11.0 Å². The van der Waals surface area contributed by atoms with Crippen molar-refractivity contribution in [2.75, 3.05) is 19.8 Å². The SMILES string of the molecule is O=S(=O)(c1ccc(Br)cc1)N1CCC[C@@H]1c1ccc2c(c1)OCCO2. The molecule has 0 aliphatic carbocycles. The Kier molecular flexibility index (Phi) is 4.47. The predicted octanol–water partition coefficient (Wildman–Crippen LogP) is 3.75. The standard InChI is InChI=1S/C18H18BrNO4S/c19-14-4-6-15(7-5-14)25(21,22)20-9-1-2-16(20)13-3-8-17-18(12-13)24-11-10-23-17/h3-8,12,16H,1-2,9-11H2/t16-/m1/s1. The molecule has 25 heavy (non-hydrogen) atoms. The number of rotatable bonds is 3. The fourth-order valence-electron chi connectivity index (χ4n) is 3.37. The Morgan fingerprint density at radius 1 is 1.00 bits per heavy atom. The number of nitrogens with zero attached hydrogens (tertiary/aromatic N) is 1. The molecule has 1 atom stereocenters. The first-order valence-corrected chi connectivity index (χ1v) is 10.5. The summed E-state index contributed by atoms with van der Waals surface area (Å²) < 4.78 is 39.8. The molecule has 2 heterocycles. The quantitative estimate of drug-likeness (QED) is 0.754. The van der Waals surface area contributed by atoms with E-state index in [1.165, 1.54) is 0 Å². The van der Waals surface area contributed by atoms with Crippen LogP contribution < -0.4 is 9.47 Å². The van der Waals surface area contributed by atoms with E-state index in [0.717, 1.165) is 28.6 Å². The lowest BCUT2D eigenvalue weighted by Gasteiger charge is -2.26. The van der Waals surface area contributed by atoms with Crippen LogP contribution in [0.1, 0.15) is 24.4 Å². The van der Waals surface area contributed by atoms with Crippen molar-refractivity contribution in [3.63, 3.8) is 0 Å². The van der Waals surface area contributed by atoms with Crippen LogP contribution >= 0.6 is 15.9 Å². The van der Waals surface area contributed by atoms with E-state index in [9.17, 15) is 8.42 Å². The van der Waals surface area contributed by atoms with E-state index >= 15 is 0 Å². The second-order valence-corrected chi connectivity index (χ2v) is 8.94. The van der Waals surface area contributed by atoms with Gasteiger partial charge in [0.1, 0.15) is 13.2 Å². The number of hydrogen-bond donors (Lipinski definition) is 0. The van der Waals surface area contributed by atoms with Crippen molar-refractivity contribution in [1.29, 1.82) is 0 Å². The number of halogens is 1. The zero-order valence-electron chi connectivity index (χ0n) is 13.5. The third-order valence-electron chi connectivity index (χ3n) is 4.57. The number of ether oxygens (including phenoxy) is 2. The molecule has 2 aromatic rings. The second-order valence-electron chi connectivity index (χ2n) is 6.13. The van der Waals surface area contributed by atoms with Gasteiger partial charge in [-0.15, -0.1) is 0 Å². The molecule has 1 saturated heterocycles. The van der Waals surface area contributed by atoms with Gasteiger partial charge in [0.05, 0.1) is 10.9 Å². The molecule has 2 aliphatic heterocycles. The average Bonchev–Trinajstić information content (AvgIpc) is 3.12. The number of fused-ring (bicyclic) bond motifs is 1. The molecule has 0 amide bonds. The van der Waals surface area contributed by atoms with Crippen molar-refractivity contribution in [2.24, 2.45) is 0 Å². The monoisotopic (exact) mass is 423 g/mol. The van der Waals surface area contributed by atoms with Crippen LogP contribution in [0.25, 0.3) is 0 Å². The topological polar surface area (TPSA) is 55.8 Å². The Balaban J connectivity index is 1.67. The van der Waals surface area contributed by atoms with Gasteiger partial charge in [0.15, 0.2) is 11.5 Å². The van der Waals surface area contributed by atoms with Gasteiger partial charge in [-0.25, -0.2) is 8.42 Å². The summed E-state index contributed by atoms with van der Waals surface area (Å²) in [5.41, 5.74) is 0.947. The van der Waals surface area contributed by atoms with Crippen molar-refractivity contribution in [3.8, 4) is 11.5 Å². The summed E-state index contributed by atoms with van der Waals surface area (Å²) in [6.07, 6.45) is 1.64. The average molecular weight is 424 g/mol. The van der Waals surface area contributed by atoms with Crippen LogP contribution in [-0.2, 0) is 10.0 Å². The van der Waals surface area contributed by atoms with E-state index in [-0.39, 0.29) is 6.04 Å². The van der Waals surface area contributed by atoms with Gasteiger partial charge >= 0.3 is 0 Å². The molecule has 7 heteroatoms. The molecule has 132 valence electrons. The highest BCUT2D eigenvalue weighted by molar-refractivity contribution is 9.10. The summed E-state index contributed by atoms with van der Waals surface area (Å²) in [4.78, 5) is 0.320. The van der Waals surface area contributed by atoms with E-state index < -0.39 is 10.0 Å². The fraction of sp³-hybridized carbons (Fsp3) is 0.333. The van der Waals surface area contributed by atoms with Crippen LogP contribution in [0.3, 0.4) is 0 Å². The van der Waals surface area contributed by atoms with Crippen LogP contribution in [0.4, 0.5) is 0 Å². The van der Waals surface area contributed by atoms with E-state index in [0.29, 0.717) is 30.4 Å². The molecule has 0 N–H and O–H groups in total. The van der Waals surface area contributed by atoms with Crippen LogP contribution in [0.15, 0.2) is 51.8 Å². The highest BCUT2D eigenvalue weighted by Crippen LogP contribution is 2.40. The first-order chi connectivity index (χ1) is 12.1. The lowest BCUT2D eigenvalue weighted by atomic mass is 10.0. The summed E-state index contributed by atoms with van der Waals surface area (Å²) in [6.45, 7) is 1.58. The molecule has 0 spiro atoms. The predicted molar refractivity (Wildman–Crippen MR) is 97.4 cm³/mol. The summed E-state index contributed by atoms with van der Waals surface area (Å²) in [6, 6.07) is 12.3. The minimum Gasteiger partial charge on any atom is -0.486 e. The third kappa shape index (κ3) is 3.16. The van der Waals surface area contributed by atoms with Crippen molar-refractivity contribution in [3.05, 3.63) is 52.5 Å². The number of benzene rings is 2. The zero-order chi connectivity index (χ0) is 17.4. The van der Waals surface area contributed by atoms with Crippen LogP contribution in [0, 0.1) is 0 Å². The number of hydrogen-bond acceptors (Lipinski definition) is 4. The van der Waals surface area contributed by atoms with E-state index in [2.05, 4.69) is 15.9 Å². The molecule has 1 fully saturated rings. The third-order valence-corrected chi connectivity index (χ3v) is 7.03. The molecule has 2 aliphatic rings. The molecule has 5 nitrogen and oxygen atoms in total. The number of sulfonamides is 1. The van der Waals surface area contributed by atoms with Gasteiger partial charge in [0.25, 0.3) is 0 Å². The fourth-order valence-corrected chi connectivity index (χ4v) is 5.32. The lowest BCUT2D eigenvalue weighted by Crippen LogP contribution is -2.30. The molecule has 0 unspecified atom stereocenters. The second kappa shape index (κ2) is 6.63. The Morgan fingerprint density at radius 2 is 1.72 bits per heavy atom. The smallest absolute Gasteiger partial charge is 0.243 e. The van der Waals surface area contributed by atoms with Gasteiger partial charge < -0.3 is 9.47 Å².